The summed E-state index contributed by atoms with van der Waals surface area (Å²) < 4.78 is 0. The van der Waals surface area contributed by atoms with Gasteiger partial charge in [-0.25, -0.2) is 0 Å². The summed E-state index contributed by atoms with van der Waals surface area (Å²) in [5, 5.41) is 4.94. The van der Waals surface area contributed by atoms with E-state index in [-0.39, 0.29) is 0 Å². The zero-order chi connectivity index (χ0) is 13.1. The maximum Gasteiger partial charge on any atom is 0.0499 e. The minimum absolute atomic E-state index is 0.545. The van der Waals surface area contributed by atoms with Gasteiger partial charge in [-0.1, -0.05) is 18.2 Å². The summed E-state index contributed by atoms with van der Waals surface area (Å²) in [4.78, 5) is 5.90. The van der Waals surface area contributed by atoms with Crippen molar-refractivity contribution in [3.63, 3.8) is 0 Å². The van der Waals surface area contributed by atoms with Gasteiger partial charge in [0.1, 0.15) is 0 Å². The number of aromatic nitrogens is 1. The van der Waals surface area contributed by atoms with E-state index in [1.807, 2.05) is 6.20 Å². The van der Waals surface area contributed by atoms with E-state index in [0.717, 1.165) is 6.54 Å². The normalized spacial score (nSPS) is 18.2. The van der Waals surface area contributed by atoms with Gasteiger partial charge in [0, 0.05) is 30.8 Å². The molecule has 0 radical (unpaired) electrons. The van der Waals surface area contributed by atoms with Gasteiger partial charge in [-0.2, -0.15) is 0 Å². The lowest BCUT2D eigenvalue weighted by Crippen LogP contribution is -2.37. The van der Waals surface area contributed by atoms with Crippen LogP contribution in [0.3, 0.4) is 0 Å². The number of aromatic amines is 1. The highest BCUT2D eigenvalue weighted by atomic mass is 15.2. The third kappa shape index (κ3) is 2.99. The molecule has 1 atom stereocenters. The lowest BCUT2D eigenvalue weighted by Gasteiger charge is -2.21. The monoisotopic (exact) mass is 257 g/mol. The minimum Gasteiger partial charge on any atom is -0.361 e. The lowest BCUT2D eigenvalue weighted by atomic mass is 10.1. The lowest BCUT2D eigenvalue weighted by molar-refractivity contribution is 0.298. The molecule has 2 N–H and O–H groups in total. The van der Waals surface area contributed by atoms with Crippen LogP contribution < -0.4 is 5.32 Å². The maximum atomic E-state index is 3.65. The van der Waals surface area contributed by atoms with E-state index in [0.29, 0.717) is 6.04 Å². The highest BCUT2D eigenvalue weighted by Gasteiger charge is 2.14. The van der Waals surface area contributed by atoms with Crippen molar-refractivity contribution in [3.05, 3.63) is 36.0 Å². The molecule has 19 heavy (non-hydrogen) atoms. The van der Waals surface area contributed by atoms with Gasteiger partial charge < -0.3 is 15.2 Å². The first-order valence-corrected chi connectivity index (χ1v) is 7.33. The fraction of sp³-hybridized carbons (Fsp3) is 0.500. The van der Waals surface area contributed by atoms with Crippen LogP contribution in [0.2, 0.25) is 0 Å². The van der Waals surface area contributed by atoms with E-state index in [4.69, 9.17) is 0 Å². The molecule has 3 nitrogen and oxygen atoms in total. The van der Waals surface area contributed by atoms with Crippen molar-refractivity contribution in [1.29, 1.82) is 0 Å². The van der Waals surface area contributed by atoms with Crippen LogP contribution in [0, 0.1) is 0 Å². The molecule has 3 rings (SSSR count). The summed E-state index contributed by atoms with van der Waals surface area (Å²) in [6.45, 7) is 6.94. The van der Waals surface area contributed by atoms with Gasteiger partial charge in [-0.15, -0.1) is 0 Å². The standard InChI is InChI=1S/C16H23N3/c1-13(12-19-9-2-3-10-19)18-11-15-6-4-5-14-7-8-17-16(14)15/h4-8,13,17-18H,2-3,9-12H2,1H3. The zero-order valence-electron chi connectivity index (χ0n) is 11.7. The van der Waals surface area contributed by atoms with Crippen LogP contribution in [-0.4, -0.2) is 35.6 Å². The fourth-order valence-electron chi connectivity index (χ4n) is 3.00. The van der Waals surface area contributed by atoms with E-state index >= 15 is 0 Å². The molecule has 1 aliphatic rings. The number of nitrogens with zero attached hydrogens (tertiary/aromatic N) is 1. The molecule has 0 aliphatic carbocycles. The summed E-state index contributed by atoms with van der Waals surface area (Å²) in [6.07, 6.45) is 4.75. The summed E-state index contributed by atoms with van der Waals surface area (Å²) >= 11 is 0. The minimum atomic E-state index is 0.545. The van der Waals surface area contributed by atoms with Crippen molar-refractivity contribution in [2.45, 2.75) is 32.4 Å². The Kier molecular flexibility index (Phi) is 3.85. The second-order valence-corrected chi connectivity index (χ2v) is 5.65. The molecule has 0 bridgehead atoms. The Morgan fingerprint density at radius 1 is 1.26 bits per heavy atom. The van der Waals surface area contributed by atoms with Crippen molar-refractivity contribution in [2.75, 3.05) is 19.6 Å². The Balaban J connectivity index is 1.57. The number of hydrogen-bond donors (Lipinski definition) is 2. The molecule has 1 unspecified atom stereocenters. The first-order chi connectivity index (χ1) is 9.33. The second kappa shape index (κ2) is 5.76. The summed E-state index contributed by atoms with van der Waals surface area (Å²) in [5.74, 6) is 0. The molecule has 2 aromatic rings. The first kappa shape index (κ1) is 12.7. The van der Waals surface area contributed by atoms with Crippen molar-refractivity contribution >= 4 is 10.9 Å². The molecule has 0 saturated carbocycles. The number of rotatable bonds is 5. The highest BCUT2D eigenvalue weighted by molar-refractivity contribution is 5.82. The number of H-pyrrole nitrogens is 1. The molecule has 3 heteroatoms. The van der Waals surface area contributed by atoms with Gasteiger partial charge in [0.2, 0.25) is 0 Å². The Morgan fingerprint density at radius 3 is 2.95 bits per heavy atom. The molecular weight excluding hydrogens is 234 g/mol. The highest BCUT2D eigenvalue weighted by Crippen LogP contribution is 2.17. The quantitative estimate of drug-likeness (QED) is 0.863. The molecule has 1 aromatic heterocycles. The van der Waals surface area contributed by atoms with Crippen LogP contribution in [-0.2, 0) is 6.54 Å². The van der Waals surface area contributed by atoms with Crippen LogP contribution in [0.4, 0.5) is 0 Å². The van der Waals surface area contributed by atoms with E-state index in [1.165, 1.54) is 48.9 Å². The summed E-state index contributed by atoms with van der Waals surface area (Å²) in [5.41, 5.74) is 2.62. The molecule has 2 heterocycles. The number of nitrogens with one attached hydrogen (secondary N) is 2. The third-order valence-corrected chi connectivity index (χ3v) is 4.05. The van der Waals surface area contributed by atoms with Crippen LogP contribution in [0.5, 0.6) is 0 Å². The van der Waals surface area contributed by atoms with Gasteiger partial charge in [0.15, 0.2) is 0 Å². The first-order valence-electron chi connectivity index (χ1n) is 7.33. The Hall–Kier alpha value is -1.32. The van der Waals surface area contributed by atoms with Gasteiger partial charge >= 0.3 is 0 Å². The number of fused-ring (bicyclic) bond motifs is 1. The third-order valence-electron chi connectivity index (χ3n) is 4.05. The van der Waals surface area contributed by atoms with Gasteiger partial charge in [-0.05, 0) is 49.9 Å². The van der Waals surface area contributed by atoms with Crippen LogP contribution in [0.25, 0.3) is 10.9 Å². The predicted octanol–water partition coefficient (Wildman–Crippen LogP) is 2.74. The van der Waals surface area contributed by atoms with Crippen LogP contribution in [0.15, 0.2) is 30.5 Å². The average molecular weight is 257 g/mol. The molecular formula is C16H23N3. The maximum absolute atomic E-state index is 3.65. The van der Waals surface area contributed by atoms with Crippen LogP contribution >= 0.6 is 0 Å². The van der Waals surface area contributed by atoms with Crippen molar-refractivity contribution < 1.29 is 0 Å². The number of hydrogen-bond acceptors (Lipinski definition) is 2. The predicted molar refractivity (Wildman–Crippen MR) is 80.3 cm³/mol. The topological polar surface area (TPSA) is 31.1 Å². The Bertz CT molecular complexity index is 526. The van der Waals surface area contributed by atoms with Crippen molar-refractivity contribution in [1.82, 2.24) is 15.2 Å². The zero-order valence-corrected chi connectivity index (χ0v) is 11.7. The molecule has 1 aliphatic heterocycles. The molecule has 1 aromatic carbocycles. The summed E-state index contributed by atoms with van der Waals surface area (Å²) in [7, 11) is 0. The SMILES string of the molecule is CC(CN1CCCC1)NCc1cccc2cc[nH]c12. The number of likely N-dealkylation sites (tertiary alicyclic amines) is 1. The molecule has 1 saturated heterocycles. The van der Waals surface area contributed by atoms with Gasteiger partial charge in [-0.3, -0.25) is 0 Å². The Morgan fingerprint density at radius 2 is 2.11 bits per heavy atom. The second-order valence-electron chi connectivity index (χ2n) is 5.65. The van der Waals surface area contributed by atoms with Crippen molar-refractivity contribution in [2.24, 2.45) is 0 Å². The van der Waals surface area contributed by atoms with Crippen molar-refractivity contribution in [3.8, 4) is 0 Å². The molecule has 1 fully saturated rings. The number of para-hydroxylation sites is 1. The Labute approximate surface area is 115 Å². The molecule has 0 amide bonds. The number of benzene rings is 1. The van der Waals surface area contributed by atoms with E-state index in [1.54, 1.807) is 0 Å². The van der Waals surface area contributed by atoms with Gasteiger partial charge in [0.25, 0.3) is 0 Å². The van der Waals surface area contributed by atoms with E-state index in [9.17, 15) is 0 Å². The van der Waals surface area contributed by atoms with Gasteiger partial charge in [0.05, 0.1) is 0 Å². The van der Waals surface area contributed by atoms with E-state index < -0.39 is 0 Å². The fourth-order valence-corrected chi connectivity index (χ4v) is 3.00. The molecule has 0 spiro atoms. The average Bonchev–Trinajstić information content (AvgIpc) is 3.06. The van der Waals surface area contributed by atoms with Crippen LogP contribution in [0.1, 0.15) is 25.3 Å². The smallest absolute Gasteiger partial charge is 0.0499 e. The van der Waals surface area contributed by atoms with E-state index in [2.05, 4.69) is 46.4 Å². The summed E-state index contributed by atoms with van der Waals surface area (Å²) in [6, 6.07) is 9.17. The molecule has 102 valence electrons. The largest absolute Gasteiger partial charge is 0.361 e.